The molecule has 22 heavy (non-hydrogen) atoms. The van der Waals surface area contributed by atoms with Crippen molar-refractivity contribution in [2.45, 2.75) is 45.1 Å². The first-order valence-electron chi connectivity index (χ1n) is 8.41. The van der Waals surface area contributed by atoms with E-state index in [1.807, 2.05) is 18.2 Å². The lowest BCUT2D eigenvalue weighted by molar-refractivity contribution is 0.0944. The summed E-state index contributed by atoms with van der Waals surface area (Å²) in [7, 11) is 1.59. The van der Waals surface area contributed by atoms with E-state index in [-0.39, 0.29) is 5.91 Å². The molecule has 1 aliphatic rings. The molecule has 0 aliphatic carbocycles. The number of benzene rings is 1. The summed E-state index contributed by atoms with van der Waals surface area (Å²) >= 11 is 0. The van der Waals surface area contributed by atoms with Crippen LogP contribution >= 0.6 is 0 Å². The summed E-state index contributed by atoms with van der Waals surface area (Å²) in [5.41, 5.74) is 0.606. The Morgan fingerprint density at radius 2 is 2.18 bits per heavy atom. The first-order valence-corrected chi connectivity index (χ1v) is 8.41. The largest absolute Gasteiger partial charge is 0.496 e. The SMILES string of the molecule is CC[C@H]1CCCCN1CCCNC(=O)c1ccccc1OC. The summed E-state index contributed by atoms with van der Waals surface area (Å²) in [4.78, 5) is 14.8. The number of carbonyl (C=O) groups is 1. The maximum absolute atomic E-state index is 12.2. The first kappa shape index (κ1) is 16.8. The molecule has 0 aromatic heterocycles. The van der Waals surface area contributed by atoms with Crippen molar-refractivity contribution in [1.82, 2.24) is 10.2 Å². The van der Waals surface area contributed by atoms with Gasteiger partial charge in [0.2, 0.25) is 0 Å². The summed E-state index contributed by atoms with van der Waals surface area (Å²) in [5.74, 6) is 0.574. The Bertz CT molecular complexity index is 476. The van der Waals surface area contributed by atoms with Crippen molar-refractivity contribution in [1.29, 1.82) is 0 Å². The molecule has 0 unspecified atom stereocenters. The van der Waals surface area contributed by atoms with E-state index in [1.165, 1.54) is 32.2 Å². The maximum Gasteiger partial charge on any atom is 0.255 e. The van der Waals surface area contributed by atoms with Crippen molar-refractivity contribution in [2.75, 3.05) is 26.7 Å². The number of methoxy groups -OCH3 is 1. The van der Waals surface area contributed by atoms with Crippen molar-refractivity contribution >= 4 is 5.91 Å². The Balaban J connectivity index is 1.75. The second-order valence-electron chi connectivity index (χ2n) is 5.90. The molecule has 1 atom stereocenters. The fourth-order valence-corrected chi connectivity index (χ4v) is 3.23. The van der Waals surface area contributed by atoms with E-state index in [2.05, 4.69) is 17.1 Å². The highest BCUT2D eigenvalue weighted by atomic mass is 16.5. The van der Waals surface area contributed by atoms with Gasteiger partial charge in [0, 0.05) is 19.1 Å². The van der Waals surface area contributed by atoms with Crippen LogP contribution in [0, 0.1) is 0 Å². The van der Waals surface area contributed by atoms with Crippen molar-refractivity contribution in [3.05, 3.63) is 29.8 Å². The molecular formula is C18H28N2O2. The minimum absolute atomic E-state index is 0.0527. The Kier molecular flexibility index (Phi) is 6.72. The molecule has 4 heteroatoms. The second-order valence-corrected chi connectivity index (χ2v) is 5.90. The van der Waals surface area contributed by atoms with Crippen LogP contribution in [0.15, 0.2) is 24.3 Å². The molecule has 1 amide bonds. The summed E-state index contributed by atoms with van der Waals surface area (Å²) < 4.78 is 5.23. The van der Waals surface area contributed by atoms with Crippen molar-refractivity contribution in [3.63, 3.8) is 0 Å². The average molecular weight is 304 g/mol. The maximum atomic E-state index is 12.2. The minimum Gasteiger partial charge on any atom is -0.496 e. The highest BCUT2D eigenvalue weighted by Gasteiger charge is 2.20. The minimum atomic E-state index is -0.0527. The lowest BCUT2D eigenvalue weighted by Gasteiger charge is -2.35. The van der Waals surface area contributed by atoms with Gasteiger partial charge in [0.1, 0.15) is 5.75 Å². The number of hydrogen-bond donors (Lipinski definition) is 1. The van der Waals surface area contributed by atoms with Crippen LogP contribution in [0.3, 0.4) is 0 Å². The molecule has 122 valence electrons. The topological polar surface area (TPSA) is 41.6 Å². The molecule has 1 saturated heterocycles. The van der Waals surface area contributed by atoms with E-state index in [1.54, 1.807) is 13.2 Å². The first-order chi connectivity index (χ1) is 10.8. The molecule has 0 spiro atoms. The molecule has 0 radical (unpaired) electrons. The average Bonchev–Trinajstić information content (AvgIpc) is 2.58. The highest BCUT2D eigenvalue weighted by Crippen LogP contribution is 2.19. The van der Waals surface area contributed by atoms with Crippen LogP contribution in [-0.4, -0.2) is 43.6 Å². The Labute approximate surface area is 133 Å². The summed E-state index contributed by atoms with van der Waals surface area (Å²) in [6.45, 7) is 5.26. The van der Waals surface area contributed by atoms with Gasteiger partial charge in [0.25, 0.3) is 5.91 Å². The lowest BCUT2D eigenvalue weighted by atomic mass is 10.00. The molecular weight excluding hydrogens is 276 g/mol. The summed E-state index contributed by atoms with van der Waals surface area (Å²) in [6, 6.07) is 8.08. The zero-order valence-electron chi connectivity index (χ0n) is 13.8. The standard InChI is InChI=1S/C18H28N2O2/c1-3-15-9-6-7-13-20(15)14-8-12-19-18(21)16-10-4-5-11-17(16)22-2/h4-5,10-11,15H,3,6-9,12-14H2,1-2H3,(H,19,21)/t15-/m0/s1. The zero-order valence-corrected chi connectivity index (χ0v) is 13.8. The number of para-hydroxylation sites is 1. The van der Waals surface area contributed by atoms with E-state index < -0.39 is 0 Å². The molecule has 2 rings (SSSR count). The van der Waals surface area contributed by atoms with Gasteiger partial charge >= 0.3 is 0 Å². The molecule has 1 aromatic rings. The number of nitrogens with one attached hydrogen (secondary N) is 1. The predicted octanol–water partition coefficient (Wildman–Crippen LogP) is 3.08. The van der Waals surface area contributed by atoms with E-state index in [4.69, 9.17) is 4.74 Å². The van der Waals surface area contributed by atoms with Crippen LogP contribution in [0.2, 0.25) is 0 Å². The van der Waals surface area contributed by atoms with E-state index in [0.29, 0.717) is 17.9 Å². The number of amides is 1. The Morgan fingerprint density at radius 1 is 1.36 bits per heavy atom. The third-order valence-corrected chi connectivity index (χ3v) is 4.48. The summed E-state index contributed by atoms with van der Waals surface area (Å²) in [6.07, 6.45) is 6.22. The lowest BCUT2D eigenvalue weighted by Crippen LogP contribution is -2.40. The van der Waals surface area contributed by atoms with Crippen LogP contribution in [0.25, 0.3) is 0 Å². The van der Waals surface area contributed by atoms with Crippen LogP contribution in [-0.2, 0) is 0 Å². The molecule has 1 fully saturated rings. The van der Waals surface area contributed by atoms with Gasteiger partial charge < -0.3 is 15.0 Å². The van der Waals surface area contributed by atoms with Gasteiger partial charge in [0.15, 0.2) is 0 Å². The molecule has 1 heterocycles. The molecule has 1 aliphatic heterocycles. The van der Waals surface area contributed by atoms with Gasteiger partial charge in [-0.15, -0.1) is 0 Å². The van der Waals surface area contributed by atoms with E-state index in [9.17, 15) is 4.79 Å². The van der Waals surface area contributed by atoms with Gasteiger partial charge in [0.05, 0.1) is 12.7 Å². The number of rotatable bonds is 7. The van der Waals surface area contributed by atoms with E-state index >= 15 is 0 Å². The number of hydrogen-bond acceptors (Lipinski definition) is 3. The fourth-order valence-electron chi connectivity index (χ4n) is 3.23. The van der Waals surface area contributed by atoms with Gasteiger partial charge in [-0.1, -0.05) is 25.5 Å². The van der Waals surface area contributed by atoms with Crippen LogP contribution in [0.1, 0.15) is 49.4 Å². The smallest absolute Gasteiger partial charge is 0.255 e. The molecule has 1 aromatic carbocycles. The number of ether oxygens (including phenoxy) is 1. The third kappa shape index (κ3) is 4.47. The fraction of sp³-hybridized carbons (Fsp3) is 0.611. The highest BCUT2D eigenvalue weighted by molar-refractivity contribution is 5.96. The quantitative estimate of drug-likeness (QED) is 0.787. The van der Waals surface area contributed by atoms with Crippen LogP contribution in [0.4, 0.5) is 0 Å². The number of carbonyl (C=O) groups excluding carboxylic acids is 1. The molecule has 4 nitrogen and oxygen atoms in total. The van der Waals surface area contributed by atoms with E-state index in [0.717, 1.165) is 19.0 Å². The van der Waals surface area contributed by atoms with Crippen molar-refractivity contribution < 1.29 is 9.53 Å². The molecule has 1 N–H and O–H groups in total. The number of piperidine rings is 1. The second kappa shape index (κ2) is 8.79. The Hall–Kier alpha value is -1.55. The number of nitrogens with zero attached hydrogens (tertiary/aromatic N) is 1. The van der Waals surface area contributed by atoms with Gasteiger partial charge in [-0.05, 0) is 44.4 Å². The third-order valence-electron chi connectivity index (χ3n) is 4.48. The molecule has 0 saturated carbocycles. The molecule has 0 bridgehead atoms. The van der Waals surface area contributed by atoms with Crippen molar-refractivity contribution in [2.24, 2.45) is 0 Å². The zero-order chi connectivity index (χ0) is 15.8. The normalized spacial score (nSPS) is 18.9. The van der Waals surface area contributed by atoms with Crippen molar-refractivity contribution in [3.8, 4) is 5.75 Å². The predicted molar refractivity (Wildman–Crippen MR) is 89.4 cm³/mol. The van der Waals surface area contributed by atoms with Gasteiger partial charge in [-0.3, -0.25) is 4.79 Å². The number of likely N-dealkylation sites (tertiary alicyclic amines) is 1. The summed E-state index contributed by atoms with van der Waals surface area (Å²) in [5, 5.41) is 3.00. The van der Waals surface area contributed by atoms with Gasteiger partial charge in [-0.2, -0.15) is 0 Å². The monoisotopic (exact) mass is 304 g/mol. The Morgan fingerprint density at radius 3 is 2.95 bits per heavy atom. The van der Waals surface area contributed by atoms with Gasteiger partial charge in [-0.25, -0.2) is 0 Å². The van der Waals surface area contributed by atoms with Crippen LogP contribution < -0.4 is 10.1 Å². The van der Waals surface area contributed by atoms with Crippen LogP contribution in [0.5, 0.6) is 5.75 Å².